The molecule has 0 bridgehead atoms. The van der Waals surface area contributed by atoms with E-state index >= 15 is 0 Å². The van der Waals surface area contributed by atoms with Gasteiger partial charge < -0.3 is 15.1 Å². The van der Waals surface area contributed by atoms with Crippen LogP contribution < -0.4 is 10.2 Å². The van der Waals surface area contributed by atoms with E-state index in [4.69, 9.17) is 0 Å². The highest BCUT2D eigenvalue weighted by Gasteiger charge is 2.22. The fourth-order valence-corrected chi connectivity index (χ4v) is 3.46. The van der Waals surface area contributed by atoms with Gasteiger partial charge in [-0.15, -0.1) is 0 Å². The summed E-state index contributed by atoms with van der Waals surface area (Å²) in [5.41, 5.74) is 7.06. The van der Waals surface area contributed by atoms with Crippen molar-refractivity contribution < 1.29 is 4.79 Å². The van der Waals surface area contributed by atoms with Crippen LogP contribution >= 0.6 is 0 Å². The fraction of sp³-hybridized carbons (Fsp3) is 0.381. The molecule has 1 N–H and O–H groups in total. The molecule has 0 spiro atoms. The van der Waals surface area contributed by atoms with Gasteiger partial charge in [-0.25, -0.2) is 4.79 Å². The second-order valence-electron chi connectivity index (χ2n) is 7.01. The Labute approximate surface area is 150 Å². The highest BCUT2D eigenvalue weighted by Crippen LogP contribution is 2.23. The lowest BCUT2D eigenvalue weighted by atomic mass is 10.1. The molecule has 1 aliphatic rings. The number of carbonyl (C=O) groups excluding carboxylic acids is 1. The molecule has 2 aromatic carbocycles. The fourth-order valence-electron chi connectivity index (χ4n) is 3.46. The minimum Gasteiger partial charge on any atom is -0.368 e. The third kappa shape index (κ3) is 3.95. The number of rotatable bonds is 2. The zero-order chi connectivity index (χ0) is 18.0. The molecular weight excluding hydrogens is 310 g/mol. The summed E-state index contributed by atoms with van der Waals surface area (Å²) in [6.07, 6.45) is 0. The molecule has 0 saturated carbocycles. The number of anilines is 2. The maximum atomic E-state index is 12.6. The Hall–Kier alpha value is -2.49. The maximum Gasteiger partial charge on any atom is 0.321 e. The molecule has 0 unspecified atom stereocenters. The van der Waals surface area contributed by atoms with Gasteiger partial charge in [-0.1, -0.05) is 35.4 Å². The molecule has 1 heterocycles. The van der Waals surface area contributed by atoms with Crippen molar-refractivity contribution in [2.75, 3.05) is 36.4 Å². The molecule has 1 aliphatic heterocycles. The third-order valence-electron chi connectivity index (χ3n) is 4.88. The average molecular weight is 337 g/mol. The van der Waals surface area contributed by atoms with Gasteiger partial charge in [0.25, 0.3) is 0 Å². The Balaban J connectivity index is 1.60. The number of nitrogens with one attached hydrogen (secondary N) is 1. The Bertz CT molecular complexity index is 777. The molecule has 3 rings (SSSR count). The number of piperazine rings is 1. The third-order valence-corrected chi connectivity index (χ3v) is 4.88. The van der Waals surface area contributed by atoms with E-state index in [1.165, 1.54) is 22.4 Å². The Morgan fingerprint density at radius 2 is 1.44 bits per heavy atom. The minimum atomic E-state index is -0.00719. The molecule has 2 amide bonds. The number of hydrogen-bond acceptors (Lipinski definition) is 2. The van der Waals surface area contributed by atoms with E-state index in [1.807, 2.05) is 24.0 Å². The summed E-state index contributed by atoms with van der Waals surface area (Å²) in [5, 5.41) is 3.05. The molecule has 0 atom stereocenters. The molecule has 1 saturated heterocycles. The van der Waals surface area contributed by atoms with Crippen LogP contribution in [-0.2, 0) is 0 Å². The van der Waals surface area contributed by atoms with Gasteiger partial charge in [-0.3, -0.25) is 0 Å². The van der Waals surface area contributed by atoms with Crippen LogP contribution in [0.25, 0.3) is 0 Å². The summed E-state index contributed by atoms with van der Waals surface area (Å²) in [6.45, 7) is 11.6. The summed E-state index contributed by atoms with van der Waals surface area (Å²) < 4.78 is 0. The van der Waals surface area contributed by atoms with Crippen molar-refractivity contribution in [1.82, 2.24) is 4.90 Å². The number of hydrogen-bond donors (Lipinski definition) is 1. The molecule has 132 valence electrons. The number of benzene rings is 2. The van der Waals surface area contributed by atoms with E-state index in [1.54, 1.807) is 0 Å². The van der Waals surface area contributed by atoms with Gasteiger partial charge in [0.15, 0.2) is 0 Å². The van der Waals surface area contributed by atoms with E-state index < -0.39 is 0 Å². The molecule has 0 aliphatic carbocycles. The second kappa shape index (κ2) is 7.18. The predicted molar refractivity (Wildman–Crippen MR) is 105 cm³/mol. The van der Waals surface area contributed by atoms with Crippen molar-refractivity contribution >= 4 is 17.4 Å². The predicted octanol–water partition coefficient (Wildman–Crippen LogP) is 4.27. The highest BCUT2D eigenvalue weighted by molar-refractivity contribution is 5.90. The SMILES string of the molecule is Cc1ccc(NC(=O)N2CCN(c3ccc(C)cc3C)CC2)c(C)c1. The molecule has 4 heteroatoms. The quantitative estimate of drug-likeness (QED) is 0.888. The smallest absolute Gasteiger partial charge is 0.321 e. The van der Waals surface area contributed by atoms with Gasteiger partial charge in [0.2, 0.25) is 0 Å². The Morgan fingerprint density at radius 3 is 2.04 bits per heavy atom. The first-order chi connectivity index (χ1) is 11.9. The van der Waals surface area contributed by atoms with Crippen molar-refractivity contribution in [2.45, 2.75) is 27.7 Å². The van der Waals surface area contributed by atoms with Crippen LogP contribution in [0.5, 0.6) is 0 Å². The van der Waals surface area contributed by atoms with Gasteiger partial charge in [-0.05, 0) is 51.0 Å². The van der Waals surface area contributed by atoms with Crippen LogP contribution in [0.1, 0.15) is 22.3 Å². The average Bonchev–Trinajstić information content (AvgIpc) is 2.57. The van der Waals surface area contributed by atoms with Gasteiger partial charge in [-0.2, -0.15) is 0 Å². The first-order valence-corrected chi connectivity index (χ1v) is 8.89. The number of carbonyl (C=O) groups is 1. The van der Waals surface area contributed by atoms with E-state index in [-0.39, 0.29) is 6.03 Å². The summed E-state index contributed by atoms with van der Waals surface area (Å²) in [5.74, 6) is 0. The van der Waals surface area contributed by atoms with Gasteiger partial charge in [0, 0.05) is 37.6 Å². The largest absolute Gasteiger partial charge is 0.368 e. The number of nitrogens with zero attached hydrogens (tertiary/aromatic N) is 2. The first-order valence-electron chi connectivity index (χ1n) is 8.89. The zero-order valence-corrected chi connectivity index (χ0v) is 15.6. The lowest BCUT2D eigenvalue weighted by Crippen LogP contribution is -2.50. The molecule has 25 heavy (non-hydrogen) atoms. The number of urea groups is 1. The van der Waals surface area contributed by atoms with Gasteiger partial charge in [0.05, 0.1) is 0 Å². The highest BCUT2D eigenvalue weighted by atomic mass is 16.2. The second-order valence-corrected chi connectivity index (χ2v) is 7.01. The number of amides is 2. The monoisotopic (exact) mass is 337 g/mol. The summed E-state index contributed by atoms with van der Waals surface area (Å²) in [6, 6.07) is 12.7. The van der Waals surface area contributed by atoms with Crippen LogP contribution in [0.4, 0.5) is 16.2 Å². The lowest BCUT2D eigenvalue weighted by molar-refractivity contribution is 0.208. The summed E-state index contributed by atoms with van der Waals surface area (Å²) >= 11 is 0. The van der Waals surface area contributed by atoms with Gasteiger partial charge >= 0.3 is 6.03 Å². The molecular formula is C21H27N3O. The minimum absolute atomic E-state index is 0.00719. The van der Waals surface area contributed by atoms with Crippen LogP contribution in [-0.4, -0.2) is 37.1 Å². The Kier molecular flexibility index (Phi) is 4.98. The van der Waals surface area contributed by atoms with Crippen molar-refractivity contribution in [2.24, 2.45) is 0 Å². The van der Waals surface area contributed by atoms with Crippen LogP contribution in [0.3, 0.4) is 0 Å². The molecule has 1 fully saturated rings. The van der Waals surface area contributed by atoms with E-state index in [2.05, 4.69) is 55.3 Å². The normalized spacial score (nSPS) is 14.6. The summed E-state index contributed by atoms with van der Waals surface area (Å²) in [4.78, 5) is 16.8. The van der Waals surface area contributed by atoms with Crippen molar-refractivity contribution in [1.29, 1.82) is 0 Å². The van der Waals surface area contributed by atoms with Crippen LogP contribution in [0.2, 0.25) is 0 Å². The Morgan fingerprint density at radius 1 is 0.840 bits per heavy atom. The first kappa shape index (κ1) is 17.3. The molecule has 4 nitrogen and oxygen atoms in total. The summed E-state index contributed by atoms with van der Waals surface area (Å²) in [7, 11) is 0. The van der Waals surface area contributed by atoms with Crippen molar-refractivity contribution in [3.63, 3.8) is 0 Å². The topological polar surface area (TPSA) is 35.6 Å². The van der Waals surface area contributed by atoms with Crippen LogP contribution in [0.15, 0.2) is 36.4 Å². The van der Waals surface area contributed by atoms with E-state index in [9.17, 15) is 4.79 Å². The lowest BCUT2D eigenvalue weighted by Gasteiger charge is -2.37. The standard InChI is InChI=1S/C21H27N3O/c1-15-5-7-19(17(3)13-15)22-21(25)24-11-9-23(10-12-24)20-8-6-16(2)14-18(20)4/h5-8,13-14H,9-12H2,1-4H3,(H,22,25). The molecule has 2 aromatic rings. The van der Waals surface area contributed by atoms with Crippen molar-refractivity contribution in [3.05, 3.63) is 58.7 Å². The number of aryl methyl sites for hydroxylation is 4. The zero-order valence-electron chi connectivity index (χ0n) is 15.6. The molecule has 0 aromatic heterocycles. The van der Waals surface area contributed by atoms with Crippen LogP contribution in [0, 0.1) is 27.7 Å². The van der Waals surface area contributed by atoms with E-state index in [0.29, 0.717) is 0 Å². The van der Waals surface area contributed by atoms with E-state index in [0.717, 1.165) is 37.4 Å². The molecule has 0 radical (unpaired) electrons. The van der Waals surface area contributed by atoms with Gasteiger partial charge in [0.1, 0.15) is 0 Å². The van der Waals surface area contributed by atoms with Crippen molar-refractivity contribution in [3.8, 4) is 0 Å². The maximum absolute atomic E-state index is 12.6.